The van der Waals surface area contributed by atoms with Gasteiger partial charge in [-0.1, -0.05) is 29.3 Å². The average molecular weight is 329 g/mol. The molecular formula is C19H21ClN2O. The van der Waals surface area contributed by atoms with Crippen molar-refractivity contribution >= 4 is 28.9 Å². The van der Waals surface area contributed by atoms with Crippen molar-refractivity contribution in [2.75, 3.05) is 10.2 Å². The van der Waals surface area contributed by atoms with Gasteiger partial charge in [-0.15, -0.1) is 0 Å². The minimum absolute atomic E-state index is 0.0647. The molecule has 1 amide bonds. The van der Waals surface area contributed by atoms with E-state index in [1.54, 1.807) is 6.92 Å². The standard InChI is InChI=1S/C19H21ClN2O/c1-12-4-7-16(8-5-12)21-18-10-13(2)22(14(3)23)19-9-6-15(20)11-17(18)19/h4-9,11,13,18,21H,10H2,1-3H3/t13-,18+/m0/s1. The lowest BCUT2D eigenvalue weighted by molar-refractivity contribution is -0.117. The highest BCUT2D eigenvalue weighted by molar-refractivity contribution is 6.30. The molecule has 3 rings (SSSR count). The van der Waals surface area contributed by atoms with E-state index in [1.165, 1.54) is 5.56 Å². The summed E-state index contributed by atoms with van der Waals surface area (Å²) in [6, 6.07) is 14.4. The van der Waals surface area contributed by atoms with E-state index in [0.717, 1.165) is 23.4 Å². The summed E-state index contributed by atoms with van der Waals surface area (Å²) in [5, 5.41) is 4.28. The quantitative estimate of drug-likeness (QED) is 0.846. The number of aryl methyl sites for hydroxylation is 1. The molecule has 120 valence electrons. The first kappa shape index (κ1) is 15.9. The second-order valence-corrected chi connectivity index (χ2v) is 6.68. The molecule has 4 heteroatoms. The molecule has 23 heavy (non-hydrogen) atoms. The van der Waals surface area contributed by atoms with Crippen molar-refractivity contribution in [1.82, 2.24) is 0 Å². The molecule has 2 atom stereocenters. The van der Waals surface area contributed by atoms with E-state index < -0.39 is 0 Å². The number of nitrogens with zero attached hydrogens (tertiary/aromatic N) is 1. The van der Waals surface area contributed by atoms with Crippen molar-refractivity contribution in [3.63, 3.8) is 0 Å². The molecule has 1 N–H and O–H groups in total. The van der Waals surface area contributed by atoms with Crippen LogP contribution in [0.2, 0.25) is 5.02 Å². The second-order valence-electron chi connectivity index (χ2n) is 6.24. The van der Waals surface area contributed by atoms with Crippen molar-refractivity contribution in [1.29, 1.82) is 0 Å². The number of carbonyl (C=O) groups excluding carboxylic acids is 1. The van der Waals surface area contributed by atoms with E-state index in [2.05, 4.69) is 43.4 Å². The summed E-state index contributed by atoms with van der Waals surface area (Å²) in [6.45, 7) is 5.78. The highest BCUT2D eigenvalue weighted by atomic mass is 35.5. The minimum Gasteiger partial charge on any atom is -0.378 e. The maximum absolute atomic E-state index is 12.0. The van der Waals surface area contributed by atoms with E-state index in [1.807, 2.05) is 23.1 Å². The molecule has 2 aromatic rings. The summed E-state index contributed by atoms with van der Waals surface area (Å²) in [5.74, 6) is 0.0647. The Balaban J connectivity index is 1.98. The van der Waals surface area contributed by atoms with Crippen LogP contribution in [0.25, 0.3) is 0 Å². The molecule has 1 aliphatic rings. The molecule has 2 aromatic carbocycles. The maximum atomic E-state index is 12.0. The smallest absolute Gasteiger partial charge is 0.224 e. The lowest BCUT2D eigenvalue weighted by Crippen LogP contribution is -2.43. The van der Waals surface area contributed by atoms with Crippen molar-refractivity contribution in [2.45, 2.75) is 39.3 Å². The van der Waals surface area contributed by atoms with Crippen LogP contribution in [0.1, 0.15) is 37.4 Å². The molecular weight excluding hydrogens is 308 g/mol. The lowest BCUT2D eigenvalue weighted by atomic mass is 9.91. The van der Waals surface area contributed by atoms with E-state index in [0.29, 0.717) is 5.02 Å². The average Bonchev–Trinajstić information content (AvgIpc) is 2.49. The summed E-state index contributed by atoms with van der Waals surface area (Å²) >= 11 is 6.20. The maximum Gasteiger partial charge on any atom is 0.224 e. The number of halogens is 1. The molecule has 0 radical (unpaired) electrons. The Morgan fingerprint density at radius 1 is 1.22 bits per heavy atom. The SMILES string of the molecule is CC(=O)N1c2ccc(Cl)cc2[C@H](Nc2ccc(C)cc2)C[C@@H]1C. The van der Waals surface area contributed by atoms with Gasteiger partial charge in [-0.25, -0.2) is 0 Å². The summed E-state index contributed by atoms with van der Waals surface area (Å²) in [5.41, 5.74) is 4.34. The van der Waals surface area contributed by atoms with Crippen LogP contribution in [0.5, 0.6) is 0 Å². The van der Waals surface area contributed by atoms with Crippen LogP contribution < -0.4 is 10.2 Å². The molecule has 0 bridgehead atoms. The lowest BCUT2D eigenvalue weighted by Gasteiger charge is -2.39. The summed E-state index contributed by atoms with van der Waals surface area (Å²) in [4.78, 5) is 13.9. The summed E-state index contributed by atoms with van der Waals surface area (Å²) in [7, 11) is 0. The highest BCUT2D eigenvalue weighted by Crippen LogP contribution is 2.40. The molecule has 0 saturated heterocycles. The largest absolute Gasteiger partial charge is 0.378 e. The van der Waals surface area contributed by atoms with Gasteiger partial charge in [0.05, 0.1) is 6.04 Å². The third-order valence-corrected chi connectivity index (χ3v) is 4.61. The number of benzene rings is 2. The van der Waals surface area contributed by atoms with Gasteiger partial charge in [-0.05, 0) is 56.2 Å². The van der Waals surface area contributed by atoms with Crippen LogP contribution in [0.4, 0.5) is 11.4 Å². The van der Waals surface area contributed by atoms with E-state index in [9.17, 15) is 4.79 Å². The number of hydrogen-bond donors (Lipinski definition) is 1. The number of amides is 1. The zero-order chi connectivity index (χ0) is 16.6. The number of nitrogens with one attached hydrogen (secondary N) is 1. The van der Waals surface area contributed by atoms with Gasteiger partial charge in [-0.2, -0.15) is 0 Å². The first-order valence-corrected chi connectivity index (χ1v) is 8.26. The van der Waals surface area contributed by atoms with Crippen LogP contribution in [0.15, 0.2) is 42.5 Å². The molecule has 0 saturated carbocycles. The van der Waals surface area contributed by atoms with Crippen molar-refractivity contribution in [3.8, 4) is 0 Å². The Kier molecular flexibility index (Phi) is 4.31. The van der Waals surface area contributed by atoms with Gasteiger partial charge >= 0.3 is 0 Å². The van der Waals surface area contributed by atoms with Crippen molar-refractivity contribution < 1.29 is 4.79 Å². The van der Waals surface area contributed by atoms with Crippen LogP contribution >= 0.6 is 11.6 Å². The molecule has 0 aliphatic carbocycles. The predicted molar refractivity (Wildman–Crippen MR) is 96.2 cm³/mol. The van der Waals surface area contributed by atoms with Crippen molar-refractivity contribution in [3.05, 3.63) is 58.6 Å². The Hall–Kier alpha value is -2.00. The Bertz CT molecular complexity index is 727. The molecule has 3 nitrogen and oxygen atoms in total. The molecule has 0 unspecified atom stereocenters. The Labute approximate surface area is 142 Å². The first-order valence-electron chi connectivity index (χ1n) is 7.88. The predicted octanol–water partition coefficient (Wildman–Crippen LogP) is 4.95. The van der Waals surface area contributed by atoms with Gasteiger partial charge in [0, 0.05) is 29.4 Å². The fourth-order valence-electron chi connectivity index (χ4n) is 3.30. The number of carbonyl (C=O) groups is 1. The monoisotopic (exact) mass is 328 g/mol. The van der Waals surface area contributed by atoms with E-state index in [4.69, 9.17) is 11.6 Å². The molecule has 0 fully saturated rings. The van der Waals surface area contributed by atoms with E-state index >= 15 is 0 Å². The van der Waals surface area contributed by atoms with Crippen LogP contribution in [-0.4, -0.2) is 11.9 Å². The van der Waals surface area contributed by atoms with Gasteiger partial charge < -0.3 is 10.2 Å². The summed E-state index contributed by atoms with van der Waals surface area (Å²) in [6.07, 6.45) is 0.848. The highest BCUT2D eigenvalue weighted by Gasteiger charge is 2.32. The molecule has 0 aromatic heterocycles. The number of hydrogen-bond acceptors (Lipinski definition) is 2. The normalized spacial score (nSPS) is 20.1. The van der Waals surface area contributed by atoms with Crippen molar-refractivity contribution in [2.24, 2.45) is 0 Å². The van der Waals surface area contributed by atoms with Gasteiger partial charge in [0.2, 0.25) is 5.91 Å². The zero-order valence-electron chi connectivity index (χ0n) is 13.6. The van der Waals surface area contributed by atoms with Crippen LogP contribution in [0, 0.1) is 6.92 Å². The Morgan fingerprint density at radius 3 is 2.57 bits per heavy atom. The summed E-state index contributed by atoms with van der Waals surface area (Å²) < 4.78 is 0. The van der Waals surface area contributed by atoms with Gasteiger partial charge in [0.15, 0.2) is 0 Å². The van der Waals surface area contributed by atoms with E-state index in [-0.39, 0.29) is 18.0 Å². The number of fused-ring (bicyclic) bond motifs is 1. The second kappa shape index (κ2) is 6.25. The topological polar surface area (TPSA) is 32.3 Å². The third kappa shape index (κ3) is 3.20. The number of anilines is 2. The fraction of sp³-hybridized carbons (Fsp3) is 0.316. The zero-order valence-corrected chi connectivity index (χ0v) is 14.4. The fourth-order valence-corrected chi connectivity index (χ4v) is 3.48. The Morgan fingerprint density at radius 2 is 1.91 bits per heavy atom. The molecule has 1 heterocycles. The van der Waals surface area contributed by atoms with Gasteiger partial charge in [0.1, 0.15) is 0 Å². The molecule has 0 spiro atoms. The van der Waals surface area contributed by atoms with Gasteiger partial charge in [-0.3, -0.25) is 4.79 Å². The number of rotatable bonds is 2. The van der Waals surface area contributed by atoms with Gasteiger partial charge in [0.25, 0.3) is 0 Å². The van der Waals surface area contributed by atoms with Crippen LogP contribution in [0.3, 0.4) is 0 Å². The third-order valence-electron chi connectivity index (χ3n) is 4.37. The van der Waals surface area contributed by atoms with Crippen LogP contribution in [-0.2, 0) is 4.79 Å². The molecule has 1 aliphatic heterocycles. The minimum atomic E-state index is 0.0647. The first-order chi connectivity index (χ1) is 11.0.